The fourth-order valence-corrected chi connectivity index (χ4v) is 3.40. The third-order valence-corrected chi connectivity index (χ3v) is 4.80. The van der Waals surface area contributed by atoms with Gasteiger partial charge in [0, 0.05) is 0 Å². The number of benzene rings is 2. The lowest BCUT2D eigenvalue weighted by molar-refractivity contribution is -0.137. The van der Waals surface area contributed by atoms with Gasteiger partial charge in [0.1, 0.15) is 11.3 Å². The molecule has 0 aliphatic rings. The number of nitrogens with zero attached hydrogens (tertiary/aromatic N) is 1. The van der Waals surface area contributed by atoms with Crippen LogP contribution >= 0.6 is 11.8 Å². The van der Waals surface area contributed by atoms with Crippen molar-refractivity contribution in [2.45, 2.75) is 37.6 Å². The van der Waals surface area contributed by atoms with Crippen LogP contribution in [0, 0.1) is 0 Å². The molecule has 1 atom stereocenters. The van der Waals surface area contributed by atoms with Crippen LogP contribution < -0.4 is 10.1 Å². The smallest absolute Gasteiger partial charge is 0.305 e. The zero-order valence-corrected chi connectivity index (χ0v) is 16.9. The Bertz CT molecular complexity index is 951. The highest BCUT2D eigenvalue weighted by Gasteiger charge is 2.19. The van der Waals surface area contributed by atoms with E-state index in [-0.39, 0.29) is 24.2 Å². The van der Waals surface area contributed by atoms with Crippen molar-refractivity contribution in [1.82, 2.24) is 10.3 Å². The van der Waals surface area contributed by atoms with Crippen molar-refractivity contribution in [3.8, 4) is 5.75 Å². The lowest BCUT2D eigenvalue weighted by Gasteiger charge is -2.18. The van der Waals surface area contributed by atoms with Crippen molar-refractivity contribution in [3.05, 3.63) is 54.1 Å². The summed E-state index contributed by atoms with van der Waals surface area (Å²) in [5, 5.41) is 12.4. The summed E-state index contributed by atoms with van der Waals surface area (Å²) in [7, 11) is 0. The van der Waals surface area contributed by atoms with Gasteiger partial charge in [-0.3, -0.25) is 9.59 Å². The molecule has 0 saturated heterocycles. The van der Waals surface area contributed by atoms with Crippen molar-refractivity contribution in [1.29, 1.82) is 0 Å². The first-order valence-electron chi connectivity index (χ1n) is 9.17. The van der Waals surface area contributed by atoms with Crippen LogP contribution in [-0.4, -0.2) is 33.8 Å². The van der Waals surface area contributed by atoms with Crippen LogP contribution in [0.3, 0.4) is 0 Å². The average molecular weight is 414 g/mol. The minimum absolute atomic E-state index is 0.0410. The van der Waals surface area contributed by atoms with E-state index in [2.05, 4.69) is 10.3 Å². The Morgan fingerprint density at radius 3 is 2.55 bits per heavy atom. The van der Waals surface area contributed by atoms with E-state index in [4.69, 9.17) is 9.15 Å². The van der Waals surface area contributed by atoms with Crippen molar-refractivity contribution in [3.63, 3.8) is 0 Å². The van der Waals surface area contributed by atoms with Gasteiger partial charge < -0.3 is 19.6 Å². The Labute approximate surface area is 172 Å². The third-order valence-electron chi connectivity index (χ3n) is 3.97. The van der Waals surface area contributed by atoms with Gasteiger partial charge in [-0.15, -0.1) is 0 Å². The number of hydrogen-bond donors (Lipinski definition) is 2. The number of thioether (sulfide) groups is 1. The van der Waals surface area contributed by atoms with E-state index < -0.39 is 12.0 Å². The number of para-hydroxylation sites is 2. The normalized spacial score (nSPS) is 12.1. The number of hydrogen-bond acceptors (Lipinski definition) is 6. The molecule has 2 aromatic carbocycles. The van der Waals surface area contributed by atoms with E-state index in [1.807, 2.05) is 38.1 Å². The maximum Gasteiger partial charge on any atom is 0.305 e. The number of aromatic nitrogens is 1. The lowest BCUT2D eigenvalue weighted by atomic mass is 10.0. The number of nitrogens with one attached hydrogen (secondary N) is 1. The topological polar surface area (TPSA) is 102 Å². The molecule has 0 unspecified atom stereocenters. The van der Waals surface area contributed by atoms with Gasteiger partial charge in [-0.25, -0.2) is 4.98 Å². The molecule has 0 saturated carbocycles. The number of carbonyl (C=O) groups is 2. The van der Waals surface area contributed by atoms with E-state index in [1.165, 1.54) is 0 Å². The number of fused-ring (bicyclic) bond motifs is 1. The number of carboxylic acid groups (broad SMARTS) is 1. The van der Waals surface area contributed by atoms with Crippen LogP contribution in [0.15, 0.2) is 58.2 Å². The van der Waals surface area contributed by atoms with Gasteiger partial charge in [0.05, 0.1) is 24.3 Å². The second-order valence-electron chi connectivity index (χ2n) is 6.69. The van der Waals surface area contributed by atoms with Gasteiger partial charge in [-0.2, -0.15) is 0 Å². The highest BCUT2D eigenvalue weighted by atomic mass is 32.2. The molecule has 0 aliphatic carbocycles. The van der Waals surface area contributed by atoms with Gasteiger partial charge >= 0.3 is 5.97 Å². The van der Waals surface area contributed by atoms with Gasteiger partial charge in [0.15, 0.2) is 5.58 Å². The summed E-state index contributed by atoms with van der Waals surface area (Å²) in [6.07, 6.45) is -0.178. The summed E-state index contributed by atoms with van der Waals surface area (Å²) in [4.78, 5) is 28.0. The molecule has 3 aromatic rings. The molecule has 0 radical (unpaired) electrons. The molecule has 0 bridgehead atoms. The predicted molar refractivity (Wildman–Crippen MR) is 110 cm³/mol. The largest absolute Gasteiger partial charge is 0.491 e. The number of carbonyl (C=O) groups excluding carboxylic acids is 1. The number of carboxylic acids is 1. The first-order valence-corrected chi connectivity index (χ1v) is 10.2. The Balaban J connectivity index is 1.62. The molecule has 0 spiro atoms. The molecule has 2 N–H and O–H groups in total. The second-order valence-corrected chi connectivity index (χ2v) is 7.62. The van der Waals surface area contributed by atoms with Gasteiger partial charge in [-0.1, -0.05) is 36.0 Å². The van der Waals surface area contributed by atoms with Crippen LogP contribution in [0.25, 0.3) is 11.1 Å². The molecular formula is C21H22N2O5S. The maximum atomic E-state index is 12.4. The molecule has 1 aromatic heterocycles. The molecule has 1 heterocycles. The molecule has 0 fully saturated rings. The summed E-state index contributed by atoms with van der Waals surface area (Å²) >= 11 is 1.16. The van der Waals surface area contributed by atoms with Crippen molar-refractivity contribution in [2.75, 3.05) is 5.75 Å². The number of rotatable bonds is 9. The molecule has 8 heteroatoms. The number of aliphatic carboxylic acids is 1. The lowest BCUT2D eigenvalue weighted by Crippen LogP contribution is -2.31. The monoisotopic (exact) mass is 414 g/mol. The zero-order chi connectivity index (χ0) is 20.8. The van der Waals surface area contributed by atoms with Crippen molar-refractivity contribution >= 4 is 34.7 Å². The van der Waals surface area contributed by atoms with E-state index in [1.54, 1.807) is 24.3 Å². The maximum absolute atomic E-state index is 12.4. The minimum atomic E-state index is -0.996. The summed E-state index contributed by atoms with van der Waals surface area (Å²) in [6, 6.07) is 13.8. The highest BCUT2D eigenvalue weighted by Crippen LogP contribution is 2.24. The van der Waals surface area contributed by atoms with Crippen LogP contribution in [0.2, 0.25) is 0 Å². The van der Waals surface area contributed by atoms with E-state index in [0.29, 0.717) is 22.1 Å². The molecule has 29 heavy (non-hydrogen) atoms. The van der Waals surface area contributed by atoms with Crippen LogP contribution in [-0.2, 0) is 9.59 Å². The fraction of sp³-hybridized carbons (Fsp3) is 0.286. The Hall–Kier alpha value is -3.00. The predicted octanol–water partition coefficient (Wildman–Crippen LogP) is 4.04. The number of oxazole rings is 1. The fourth-order valence-electron chi connectivity index (χ4n) is 2.75. The van der Waals surface area contributed by atoms with E-state index >= 15 is 0 Å². The molecule has 152 valence electrons. The third kappa shape index (κ3) is 5.99. The van der Waals surface area contributed by atoms with Gasteiger partial charge in [0.2, 0.25) is 5.91 Å². The Kier molecular flexibility index (Phi) is 6.77. The SMILES string of the molecule is CC(C)Oc1ccc([C@H](CC(=O)O)NC(=O)CSc2nc3ccccc3o2)cc1. The second kappa shape index (κ2) is 9.47. The van der Waals surface area contributed by atoms with Crippen molar-refractivity contribution in [2.24, 2.45) is 0 Å². The summed E-state index contributed by atoms with van der Waals surface area (Å²) in [5.41, 5.74) is 2.08. The molecule has 1 amide bonds. The molecule has 3 rings (SSSR count). The molecular weight excluding hydrogens is 392 g/mol. The first kappa shape index (κ1) is 20.7. The van der Waals surface area contributed by atoms with E-state index in [0.717, 1.165) is 17.3 Å². The van der Waals surface area contributed by atoms with Crippen LogP contribution in [0.4, 0.5) is 0 Å². The summed E-state index contributed by atoms with van der Waals surface area (Å²) in [5.74, 6) is -0.539. The van der Waals surface area contributed by atoms with E-state index in [9.17, 15) is 14.7 Å². The Morgan fingerprint density at radius 2 is 1.90 bits per heavy atom. The van der Waals surface area contributed by atoms with Gasteiger partial charge in [0.25, 0.3) is 5.22 Å². The molecule has 0 aliphatic heterocycles. The Morgan fingerprint density at radius 1 is 1.17 bits per heavy atom. The van der Waals surface area contributed by atoms with Crippen LogP contribution in [0.5, 0.6) is 5.75 Å². The zero-order valence-electron chi connectivity index (χ0n) is 16.1. The first-order chi connectivity index (χ1) is 13.9. The standard InChI is InChI=1S/C21H22N2O5S/c1-13(2)27-15-9-7-14(8-10-15)17(11-20(25)26)22-19(24)12-29-21-23-16-5-3-4-6-18(16)28-21/h3-10,13,17H,11-12H2,1-2H3,(H,22,24)(H,25,26)/t17-/m0/s1. The summed E-state index contributed by atoms with van der Waals surface area (Å²) in [6.45, 7) is 3.85. The number of ether oxygens (including phenoxy) is 1. The highest BCUT2D eigenvalue weighted by molar-refractivity contribution is 7.99. The van der Waals surface area contributed by atoms with Crippen LogP contribution in [0.1, 0.15) is 31.9 Å². The minimum Gasteiger partial charge on any atom is -0.491 e. The summed E-state index contributed by atoms with van der Waals surface area (Å²) < 4.78 is 11.2. The molecule has 7 nitrogen and oxygen atoms in total. The quantitative estimate of drug-likeness (QED) is 0.510. The van der Waals surface area contributed by atoms with Crippen molar-refractivity contribution < 1.29 is 23.8 Å². The van der Waals surface area contributed by atoms with Gasteiger partial charge in [-0.05, 0) is 43.7 Å². The average Bonchev–Trinajstić information content (AvgIpc) is 3.09. The number of amides is 1.